The first kappa shape index (κ1) is 7.76. The number of hydrogen-bond donors (Lipinski definition) is 1. The van der Waals surface area contributed by atoms with Gasteiger partial charge in [0.05, 0.1) is 25.1 Å². The van der Waals surface area contributed by atoms with Gasteiger partial charge in [0, 0.05) is 19.0 Å². The molecule has 1 aromatic rings. The summed E-state index contributed by atoms with van der Waals surface area (Å²) in [5.74, 6) is 0. The smallest absolute Gasteiger partial charge is 0.0950 e. The second-order valence-corrected chi connectivity index (χ2v) is 3.01. The van der Waals surface area contributed by atoms with Crippen molar-refractivity contribution in [3.8, 4) is 0 Å². The summed E-state index contributed by atoms with van der Waals surface area (Å²) in [6.07, 6.45) is 5.68. The van der Waals surface area contributed by atoms with Crippen LogP contribution >= 0.6 is 0 Å². The van der Waals surface area contributed by atoms with Gasteiger partial charge in [0.1, 0.15) is 0 Å². The number of aromatic nitrogens is 2. The molecule has 1 aromatic heterocycles. The van der Waals surface area contributed by atoms with E-state index >= 15 is 0 Å². The van der Waals surface area contributed by atoms with E-state index in [-0.39, 0.29) is 12.1 Å². The quantitative estimate of drug-likeness (QED) is 0.652. The lowest BCUT2D eigenvalue weighted by molar-refractivity contribution is -0.0290. The van der Waals surface area contributed by atoms with Crippen molar-refractivity contribution in [3.63, 3.8) is 0 Å². The first-order valence-electron chi connectivity index (χ1n) is 4.11. The molecule has 0 bridgehead atoms. The molecule has 2 unspecified atom stereocenters. The standard InChI is InChI=1S/C8H12N2O2/c11-8-1-4-12-5-7(8)10-3-2-9-6-10/h2-3,6-8,11H,1,4-5H2. The van der Waals surface area contributed by atoms with E-state index in [4.69, 9.17) is 4.74 Å². The molecule has 0 radical (unpaired) electrons. The molecule has 1 aliphatic rings. The topological polar surface area (TPSA) is 47.3 Å². The zero-order valence-electron chi connectivity index (χ0n) is 6.76. The summed E-state index contributed by atoms with van der Waals surface area (Å²) < 4.78 is 7.16. The van der Waals surface area contributed by atoms with Gasteiger partial charge in [0.15, 0.2) is 0 Å². The van der Waals surface area contributed by atoms with Crippen LogP contribution in [0.5, 0.6) is 0 Å². The molecule has 4 nitrogen and oxygen atoms in total. The lowest BCUT2D eigenvalue weighted by Gasteiger charge is -2.28. The Labute approximate surface area is 70.8 Å². The fraction of sp³-hybridized carbons (Fsp3) is 0.625. The highest BCUT2D eigenvalue weighted by Crippen LogP contribution is 2.19. The van der Waals surface area contributed by atoms with Gasteiger partial charge >= 0.3 is 0 Å². The SMILES string of the molecule is OC1CCOCC1n1ccnc1. The molecule has 2 atom stereocenters. The third-order valence-electron chi connectivity index (χ3n) is 2.20. The summed E-state index contributed by atoms with van der Waals surface area (Å²) >= 11 is 0. The van der Waals surface area contributed by atoms with Crippen LogP contribution in [-0.4, -0.2) is 34.0 Å². The Hall–Kier alpha value is -0.870. The normalized spacial score (nSPS) is 30.4. The van der Waals surface area contributed by atoms with Crippen molar-refractivity contribution in [1.82, 2.24) is 9.55 Å². The van der Waals surface area contributed by atoms with Gasteiger partial charge in [0.25, 0.3) is 0 Å². The highest BCUT2D eigenvalue weighted by Gasteiger charge is 2.24. The summed E-state index contributed by atoms with van der Waals surface area (Å²) in [5.41, 5.74) is 0. The van der Waals surface area contributed by atoms with Crippen LogP contribution in [0.3, 0.4) is 0 Å². The Bertz CT molecular complexity index is 235. The molecule has 1 fully saturated rings. The van der Waals surface area contributed by atoms with Crippen molar-refractivity contribution in [3.05, 3.63) is 18.7 Å². The van der Waals surface area contributed by atoms with Crippen LogP contribution in [0, 0.1) is 0 Å². The van der Waals surface area contributed by atoms with Gasteiger partial charge in [0.2, 0.25) is 0 Å². The van der Waals surface area contributed by atoms with E-state index in [1.54, 1.807) is 12.5 Å². The molecule has 12 heavy (non-hydrogen) atoms. The monoisotopic (exact) mass is 168 g/mol. The van der Waals surface area contributed by atoms with Gasteiger partial charge in [-0.2, -0.15) is 0 Å². The van der Waals surface area contributed by atoms with E-state index in [2.05, 4.69) is 4.98 Å². The fourth-order valence-electron chi connectivity index (χ4n) is 1.46. The second-order valence-electron chi connectivity index (χ2n) is 3.01. The molecule has 0 aromatic carbocycles. The van der Waals surface area contributed by atoms with Crippen LogP contribution in [-0.2, 0) is 4.74 Å². The third-order valence-corrected chi connectivity index (χ3v) is 2.20. The van der Waals surface area contributed by atoms with Crippen molar-refractivity contribution in [1.29, 1.82) is 0 Å². The maximum Gasteiger partial charge on any atom is 0.0950 e. The Morgan fingerprint density at radius 1 is 1.58 bits per heavy atom. The third kappa shape index (κ3) is 1.35. The molecule has 0 spiro atoms. The molecular formula is C8H12N2O2. The highest BCUT2D eigenvalue weighted by molar-refractivity contribution is 4.85. The summed E-state index contributed by atoms with van der Waals surface area (Å²) in [5, 5.41) is 9.61. The van der Waals surface area contributed by atoms with Crippen LogP contribution in [0.4, 0.5) is 0 Å². The Morgan fingerprint density at radius 2 is 2.50 bits per heavy atom. The van der Waals surface area contributed by atoms with Gasteiger partial charge in [-0.1, -0.05) is 0 Å². The molecular weight excluding hydrogens is 156 g/mol. The molecule has 2 heterocycles. The van der Waals surface area contributed by atoms with Gasteiger partial charge in [-0.05, 0) is 6.42 Å². The lowest BCUT2D eigenvalue weighted by Crippen LogP contribution is -2.33. The molecule has 4 heteroatoms. The van der Waals surface area contributed by atoms with E-state index in [1.807, 2.05) is 10.8 Å². The fourth-order valence-corrected chi connectivity index (χ4v) is 1.46. The summed E-state index contributed by atoms with van der Waals surface area (Å²) in [6, 6.07) is 0.0428. The minimum atomic E-state index is -0.298. The van der Waals surface area contributed by atoms with E-state index in [9.17, 15) is 5.11 Å². The van der Waals surface area contributed by atoms with Crippen molar-refractivity contribution < 1.29 is 9.84 Å². The lowest BCUT2D eigenvalue weighted by atomic mass is 10.1. The minimum absolute atomic E-state index is 0.0428. The number of hydrogen-bond acceptors (Lipinski definition) is 3. The predicted molar refractivity (Wildman–Crippen MR) is 42.7 cm³/mol. The molecule has 1 saturated heterocycles. The molecule has 1 N–H and O–H groups in total. The average Bonchev–Trinajstić information content (AvgIpc) is 2.57. The van der Waals surface area contributed by atoms with Gasteiger partial charge < -0.3 is 14.4 Å². The highest BCUT2D eigenvalue weighted by atomic mass is 16.5. The van der Waals surface area contributed by atoms with E-state index < -0.39 is 0 Å². The zero-order valence-corrected chi connectivity index (χ0v) is 6.76. The van der Waals surface area contributed by atoms with Crippen LogP contribution in [0.1, 0.15) is 12.5 Å². The van der Waals surface area contributed by atoms with Crippen LogP contribution < -0.4 is 0 Å². The Morgan fingerprint density at radius 3 is 3.17 bits per heavy atom. The first-order chi connectivity index (χ1) is 5.88. The molecule has 66 valence electrons. The molecule has 1 aliphatic heterocycles. The minimum Gasteiger partial charge on any atom is -0.391 e. The number of imidazole rings is 1. The first-order valence-corrected chi connectivity index (χ1v) is 4.11. The number of nitrogens with zero attached hydrogens (tertiary/aromatic N) is 2. The van der Waals surface area contributed by atoms with Crippen LogP contribution in [0.2, 0.25) is 0 Å². The molecule has 0 saturated carbocycles. The Balaban J connectivity index is 2.11. The van der Waals surface area contributed by atoms with Gasteiger partial charge in [-0.3, -0.25) is 0 Å². The number of ether oxygens (including phenoxy) is 1. The molecule has 2 rings (SSSR count). The number of rotatable bonds is 1. The maximum atomic E-state index is 9.61. The van der Waals surface area contributed by atoms with Crippen LogP contribution in [0.15, 0.2) is 18.7 Å². The van der Waals surface area contributed by atoms with Gasteiger partial charge in [-0.25, -0.2) is 4.98 Å². The zero-order chi connectivity index (χ0) is 8.39. The van der Waals surface area contributed by atoms with Crippen molar-refractivity contribution in [2.24, 2.45) is 0 Å². The van der Waals surface area contributed by atoms with E-state index in [1.165, 1.54) is 0 Å². The Kier molecular flexibility index (Phi) is 2.10. The van der Waals surface area contributed by atoms with E-state index in [0.29, 0.717) is 19.6 Å². The number of aliphatic hydroxyl groups excluding tert-OH is 1. The summed E-state index contributed by atoms with van der Waals surface area (Å²) in [6.45, 7) is 1.24. The van der Waals surface area contributed by atoms with Crippen molar-refractivity contribution in [2.45, 2.75) is 18.6 Å². The summed E-state index contributed by atoms with van der Waals surface area (Å²) in [4.78, 5) is 3.93. The van der Waals surface area contributed by atoms with Crippen molar-refractivity contribution in [2.75, 3.05) is 13.2 Å². The predicted octanol–water partition coefficient (Wildman–Crippen LogP) is 0.205. The molecule has 0 aliphatic carbocycles. The molecule has 0 amide bonds. The largest absolute Gasteiger partial charge is 0.391 e. The van der Waals surface area contributed by atoms with Gasteiger partial charge in [-0.15, -0.1) is 0 Å². The van der Waals surface area contributed by atoms with Crippen LogP contribution in [0.25, 0.3) is 0 Å². The summed E-state index contributed by atoms with van der Waals surface area (Å²) in [7, 11) is 0. The van der Waals surface area contributed by atoms with Crippen molar-refractivity contribution >= 4 is 0 Å². The second kappa shape index (κ2) is 3.25. The van der Waals surface area contributed by atoms with E-state index in [0.717, 1.165) is 0 Å². The number of aliphatic hydroxyl groups is 1. The maximum absolute atomic E-state index is 9.61. The average molecular weight is 168 g/mol.